The third-order valence-corrected chi connectivity index (χ3v) is 3.83. The van der Waals surface area contributed by atoms with Gasteiger partial charge in [0.15, 0.2) is 0 Å². The van der Waals surface area contributed by atoms with E-state index in [1.807, 2.05) is 12.1 Å². The molecule has 0 amide bonds. The first-order valence-electron chi connectivity index (χ1n) is 6.88. The third kappa shape index (κ3) is 2.85. The Balaban J connectivity index is 1.58. The van der Waals surface area contributed by atoms with Gasteiger partial charge in [0.2, 0.25) is 0 Å². The Morgan fingerprint density at radius 3 is 2.79 bits per heavy atom. The highest BCUT2D eigenvalue weighted by atomic mass is 19.1. The lowest BCUT2D eigenvalue weighted by molar-refractivity contribution is 0.533. The summed E-state index contributed by atoms with van der Waals surface area (Å²) in [5, 5.41) is 3.58. The summed E-state index contributed by atoms with van der Waals surface area (Å²) in [5.41, 5.74) is 3.79. The molecule has 1 nitrogen and oxygen atoms in total. The second-order valence-electron chi connectivity index (χ2n) is 5.12. The molecular formula is C17H18FN. The predicted molar refractivity (Wildman–Crippen MR) is 75.6 cm³/mol. The third-order valence-electron chi connectivity index (χ3n) is 3.83. The van der Waals surface area contributed by atoms with Crippen molar-refractivity contribution in [1.82, 2.24) is 5.32 Å². The van der Waals surface area contributed by atoms with Gasteiger partial charge in [0.25, 0.3) is 0 Å². The van der Waals surface area contributed by atoms with Crippen molar-refractivity contribution in [3.63, 3.8) is 0 Å². The van der Waals surface area contributed by atoms with Crippen LogP contribution in [0.3, 0.4) is 0 Å². The van der Waals surface area contributed by atoms with Gasteiger partial charge in [-0.25, -0.2) is 4.39 Å². The fourth-order valence-corrected chi connectivity index (χ4v) is 2.83. The minimum absolute atomic E-state index is 0.122. The normalized spacial score (nSPS) is 17.4. The number of nitrogens with one attached hydrogen (secondary N) is 1. The van der Waals surface area contributed by atoms with Gasteiger partial charge in [0, 0.05) is 6.04 Å². The van der Waals surface area contributed by atoms with Gasteiger partial charge in [-0.05, 0) is 54.6 Å². The second-order valence-corrected chi connectivity index (χ2v) is 5.12. The van der Waals surface area contributed by atoms with Gasteiger partial charge in [0.05, 0.1) is 0 Å². The molecule has 1 unspecified atom stereocenters. The number of benzene rings is 2. The van der Waals surface area contributed by atoms with Crippen molar-refractivity contribution in [2.24, 2.45) is 0 Å². The van der Waals surface area contributed by atoms with Gasteiger partial charge in [-0.2, -0.15) is 0 Å². The summed E-state index contributed by atoms with van der Waals surface area (Å²) in [6, 6.07) is 16.0. The molecule has 19 heavy (non-hydrogen) atoms. The van der Waals surface area contributed by atoms with Crippen LogP contribution in [0.15, 0.2) is 48.5 Å². The Kier molecular flexibility index (Phi) is 3.60. The van der Waals surface area contributed by atoms with Gasteiger partial charge >= 0.3 is 0 Å². The molecule has 1 aliphatic carbocycles. The minimum Gasteiger partial charge on any atom is -0.310 e. The maximum Gasteiger partial charge on any atom is 0.123 e. The SMILES string of the molecule is Fc1ccc2c(c1)CCC2NCCc1ccccc1. The average molecular weight is 255 g/mol. The molecular weight excluding hydrogens is 237 g/mol. The van der Waals surface area contributed by atoms with E-state index < -0.39 is 0 Å². The minimum atomic E-state index is -0.122. The molecule has 0 saturated heterocycles. The van der Waals surface area contributed by atoms with E-state index in [4.69, 9.17) is 0 Å². The van der Waals surface area contributed by atoms with E-state index in [-0.39, 0.29) is 5.82 Å². The zero-order valence-corrected chi connectivity index (χ0v) is 10.9. The van der Waals surface area contributed by atoms with Gasteiger partial charge in [0.1, 0.15) is 5.82 Å². The Bertz CT molecular complexity index is 550. The first kappa shape index (κ1) is 12.4. The molecule has 2 aromatic carbocycles. The van der Waals surface area contributed by atoms with Crippen molar-refractivity contribution in [3.8, 4) is 0 Å². The maximum atomic E-state index is 13.1. The number of aryl methyl sites for hydroxylation is 1. The maximum absolute atomic E-state index is 13.1. The summed E-state index contributed by atoms with van der Waals surface area (Å²) < 4.78 is 13.1. The van der Waals surface area contributed by atoms with Crippen molar-refractivity contribution in [1.29, 1.82) is 0 Å². The molecule has 1 N–H and O–H groups in total. The van der Waals surface area contributed by atoms with Crippen molar-refractivity contribution in [3.05, 3.63) is 71.0 Å². The highest BCUT2D eigenvalue weighted by molar-refractivity contribution is 5.35. The highest BCUT2D eigenvalue weighted by Crippen LogP contribution is 2.31. The monoisotopic (exact) mass is 255 g/mol. The van der Waals surface area contributed by atoms with E-state index in [1.54, 1.807) is 12.1 Å². The van der Waals surface area contributed by atoms with Crippen LogP contribution >= 0.6 is 0 Å². The molecule has 0 radical (unpaired) electrons. The Morgan fingerprint density at radius 2 is 1.95 bits per heavy atom. The molecule has 3 rings (SSSR count). The zero-order valence-electron chi connectivity index (χ0n) is 10.9. The van der Waals surface area contributed by atoms with Crippen LogP contribution in [0, 0.1) is 5.82 Å². The lowest BCUT2D eigenvalue weighted by Crippen LogP contribution is -2.21. The van der Waals surface area contributed by atoms with Crippen LogP contribution in [0.25, 0.3) is 0 Å². The van der Waals surface area contributed by atoms with Crippen molar-refractivity contribution >= 4 is 0 Å². The highest BCUT2D eigenvalue weighted by Gasteiger charge is 2.21. The molecule has 98 valence electrons. The zero-order chi connectivity index (χ0) is 13.1. The van der Waals surface area contributed by atoms with E-state index in [0.29, 0.717) is 6.04 Å². The molecule has 1 atom stereocenters. The Hall–Kier alpha value is -1.67. The lowest BCUT2D eigenvalue weighted by atomic mass is 10.1. The van der Waals surface area contributed by atoms with E-state index in [1.165, 1.54) is 11.1 Å². The smallest absolute Gasteiger partial charge is 0.123 e. The van der Waals surface area contributed by atoms with E-state index in [2.05, 4.69) is 29.6 Å². The number of fused-ring (bicyclic) bond motifs is 1. The summed E-state index contributed by atoms with van der Waals surface area (Å²) in [7, 11) is 0. The van der Waals surface area contributed by atoms with Crippen LogP contribution in [0.2, 0.25) is 0 Å². The van der Waals surface area contributed by atoms with E-state index >= 15 is 0 Å². The number of hydrogen-bond acceptors (Lipinski definition) is 1. The largest absolute Gasteiger partial charge is 0.310 e. The first-order chi connectivity index (χ1) is 9.33. The summed E-state index contributed by atoms with van der Waals surface area (Å²) in [4.78, 5) is 0. The molecule has 2 heteroatoms. The molecule has 0 heterocycles. The predicted octanol–water partition coefficient (Wildman–Crippen LogP) is 3.65. The molecule has 2 aromatic rings. The Morgan fingerprint density at radius 1 is 1.11 bits per heavy atom. The van der Waals surface area contributed by atoms with Gasteiger partial charge < -0.3 is 5.32 Å². The number of halogens is 1. The van der Waals surface area contributed by atoms with Crippen molar-refractivity contribution in [2.75, 3.05) is 6.54 Å². The topological polar surface area (TPSA) is 12.0 Å². The fraction of sp³-hybridized carbons (Fsp3) is 0.294. The number of hydrogen-bond donors (Lipinski definition) is 1. The molecule has 0 bridgehead atoms. The molecule has 1 aliphatic rings. The standard InChI is InChI=1S/C17H18FN/c18-15-7-8-16-14(12-15)6-9-17(16)19-11-10-13-4-2-1-3-5-13/h1-5,7-8,12,17,19H,6,9-11H2. The van der Waals surface area contributed by atoms with Crippen LogP contribution in [0.1, 0.15) is 29.2 Å². The molecule has 0 aliphatic heterocycles. The van der Waals surface area contributed by atoms with Gasteiger partial charge in [-0.1, -0.05) is 36.4 Å². The first-order valence-corrected chi connectivity index (χ1v) is 6.88. The second kappa shape index (κ2) is 5.54. The van der Waals surface area contributed by atoms with Crippen LogP contribution in [-0.4, -0.2) is 6.54 Å². The Labute approximate surface area is 113 Å². The van der Waals surface area contributed by atoms with Gasteiger partial charge in [-0.3, -0.25) is 0 Å². The average Bonchev–Trinajstić information content (AvgIpc) is 2.82. The van der Waals surface area contributed by atoms with Crippen molar-refractivity contribution < 1.29 is 4.39 Å². The van der Waals surface area contributed by atoms with Crippen molar-refractivity contribution in [2.45, 2.75) is 25.3 Å². The van der Waals surface area contributed by atoms with Crippen LogP contribution in [0.4, 0.5) is 4.39 Å². The lowest BCUT2D eigenvalue weighted by Gasteiger charge is -2.14. The molecule has 0 saturated carbocycles. The van der Waals surface area contributed by atoms with Crippen LogP contribution in [-0.2, 0) is 12.8 Å². The van der Waals surface area contributed by atoms with E-state index in [9.17, 15) is 4.39 Å². The molecule has 0 spiro atoms. The summed E-state index contributed by atoms with van der Waals surface area (Å²) in [5.74, 6) is -0.122. The number of rotatable bonds is 4. The molecule has 0 fully saturated rings. The van der Waals surface area contributed by atoms with Crippen LogP contribution in [0.5, 0.6) is 0 Å². The summed E-state index contributed by atoms with van der Waals surface area (Å²) in [6.45, 7) is 0.964. The fourth-order valence-electron chi connectivity index (χ4n) is 2.83. The molecule has 0 aromatic heterocycles. The van der Waals surface area contributed by atoms with E-state index in [0.717, 1.165) is 31.4 Å². The van der Waals surface area contributed by atoms with Crippen LogP contribution < -0.4 is 5.32 Å². The quantitative estimate of drug-likeness (QED) is 0.879. The van der Waals surface area contributed by atoms with Gasteiger partial charge in [-0.15, -0.1) is 0 Å². The summed E-state index contributed by atoms with van der Waals surface area (Å²) in [6.07, 6.45) is 3.09. The summed E-state index contributed by atoms with van der Waals surface area (Å²) >= 11 is 0.